The molecular weight excluding hydrogens is 344 g/mol. The summed E-state index contributed by atoms with van der Waals surface area (Å²) in [6, 6.07) is 0. The minimum absolute atomic E-state index is 0.00719. The van der Waals surface area contributed by atoms with Gasteiger partial charge in [0.25, 0.3) is 0 Å². The summed E-state index contributed by atoms with van der Waals surface area (Å²) in [5.74, 6) is -2.27. The maximum atomic E-state index is 13.3. The first-order chi connectivity index (χ1) is 12.3. The largest absolute Gasteiger partial charge is 0.496 e. The second kappa shape index (κ2) is 6.95. The number of hydrogen-bond donors (Lipinski definition) is 1. The van der Waals surface area contributed by atoms with Crippen LogP contribution in [0.4, 0.5) is 0 Å². The second-order valence-corrected chi connectivity index (χ2v) is 5.89. The lowest BCUT2D eigenvalue weighted by Gasteiger charge is -2.37. The van der Waals surface area contributed by atoms with Crippen LogP contribution in [0.15, 0.2) is 0 Å². The predicted octanol–water partition coefficient (Wildman–Crippen LogP) is 1.33. The maximum absolute atomic E-state index is 13.3. The first kappa shape index (κ1) is 19.7. The third kappa shape index (κ3) is 2.28. The first-order valence-corrected chi connectivity index (χ1v) is 7.96. The van der Waals surface area contributed by atoms with E-state index in [2.05, 4.69) is 0 Å². The molecular formula is C18H22O8. The monoisotopic (exact) mass is 366 g/mol. The van der Waals surface area contributed by atoms with Crippen molar-refractivity contribution in [3.63, 3.8) is 0 Å². The number of rotatable bonds is 5. The van der Waals surface area contributed by atoms with Crippen molar-refractivity contribution in [3.8, 4) is 17.2 Å². The van der Waals surface area contributed by atoms with Crippen LogP contribution in [-0.2, 0) is 9.53 Å². The fourth-order valence-corrected chi connectivity index (χ4v) is 3.54. The zero-order valence-corrected chi connectivity index (χ0v) is 15.6. The molecule has 0 heterocycles. The topological polar surface area (TPSA) is 108 Å². The van der Waals surface area contributed by atoms with Gasteiger partial charge in [0, 0.05) is 5.56 Å². The lowest BCUT2D eigenvalue weighted by molar-refractivity contribution is -0.154. The SMILES string of the molecule is CC[C@]1(C(=O)OC)C(=O)c2c(OC)c(C)c(OC)c(OC)c2C(=O)C1O. The summed E-state index contributed by atoms with van der Waals surface area (Å²) in [5, 5.41) is 10.6. The van der Waals surface area contributed by atoms with Gasteiger partial charge in [-0.2, -0.15) is 0 Å². The number of fused-ring (bicyclic) bond motifs is 1. The van der Waals surface area contributed by atoms with E-state index in [0.717, 1.165) is 7.11 Å². The van der Waals surface area contributed by atoms with E-state index >= 15 is 0 Å². The predicted molar refractivity (Wildman–Crippen MR) is 90.2 cm³/mol. The van der Waals surface area contributed by atoms with Crippen LogP contribution in [0.25, 0.3) is 0 Å². The number of methoxy groups -OCH3 is 4. The highest BCUT2D eigenvalue weighted by molar-refractivity contribution is 6.27. The molecule has 1 unspecified atom stereocenters. The van der Waals surface area contributed by atoms with Crippen molar-refractivity contribution in [1.29, 1.82) is 0 Å². The molecule has 0 fully saturated rings. The van der Waals surface area contributed by atoms with E-state index in [4.69, 9.17) is 18.9 Å². The van der Waals surface area contributed by atoms with E-state index in [-0.39, 0.29) is 34.8 Å². The van der Waals surface area contributed by atoms with Gasteiger partial charge in [-0.05, 0) is 13.3 Å². The quantitative estimate of drug-likeness (QED) is 0.614. The van der Waals surface area contributed by atoms with Crippen molar-refractivity contribution in [3.05, 3.63) is 16.7 Å². The van der Waals surface area contributed by atoms with Crippen molar-refractivity contribution < 1.29 is 38.4 Å². The van der Waals surface area contributed by atoms with Gasteiger partial charge < -0.3 is 24.1 Å². The van der Waals surface area contributed by atoms with Crippen LogP contribution >= 0.6 is 0 Å². The van der Waals surface area contributed by atoms with Crippen LogP contribution in [0.5, 0.6) is 17.2 Å². The molecule has 2 atom stereocenters. The molecule has 0 bridgehead atoms. The summed E-state index contributed by atoms with van der Waals surface area (Å²) in [6.45, 7) is 3.16. The van der Waals surface area contributed by atoms with Gasteiger partial charge in [0.15, 0.2) is 28.5 Å². The van der Waals surface area contributed by atoms with Crippen LogP contribution in [0, 0.1) is 12.3 Å². The molecule has 142 valence electrons. The molecule has 0 saturated heterocycles. The van der Waals surface area contributed by atoms with Gasteiger partial charge in [0.2, 0.25) is 0 Å². The molecule has 0 spiro atoms. The molecule has 1 N–H and O–H groups in total. The van der Waals surface area contributed by atoms with Gasteiger partial charge in [-0.3, -0.25) is 14.4 Å². The molecule has 1 aliphatic rings. The van der Waals surface area contributed by atoms with Crippen LogP contribution in [0.2, 0.25) is 0 Å². The number of hydrogen-bond acceptors (Lipinski definition) is 8. The molecule has 8 heteroatoms. The fraction of sp³-hybridized carbons (Fsp3) is 0.500. The van der Waals surface area contributed by atoms with Gasteiger partial charge in [0.1, 0.15) is 11.9 Å². The molecule has 26 heavy (non-hydrogen) atoms. The molecule has 0 amide bonds. The zero-order valence-electron chi connectivity index (χ0n) is 15.6. The van der Waals surface area contributed by atoms with Gasteiger partial charge >= 0.3 is 5.97 Å². The summed E-state index contributed by atoms with van der Waals surface area (Å²) < 4.78 is 20.7. The fourth-order valence-electron chi connectivity index (χ4n) is 3.54. The van der Waals surface area contributed by atoms with Gasteiger partial charge in [-0.15, -0.1) is 0 Å². The van der Waals surface area contributed by atoms with Crippen molar-refractivity contribution in [2.24, 2.45) is 5.41 Å². The lowest BCUT2D eigenvalue weighted by atomic mass is 9.65. The Labute approximate surface area is 151 Å². The van der Waals surface area contributed by atoms with E-state index in [0.29, 0.717) is 5.56 Å². The normalized spacial score (nSPS) is 21.9. The molecule has 8 nitrogen and oxygen atoms in total. The number of carbonyl (C=O) groups excluding carboxylic acids is 3. The number of esters is 1. The summed E-state index contributed by atoms with van der Waals surface area (Å²) in [7, 11) is 5.13. The highest BCUT2D eigenvalue weighted by Gasteiger charge is 2.60. The highest BCUT2D eigenvalue weighted by Crippen LogP contribution is 2.50. The van der Waals surface area contributed by atoms with Crippen molar-refractivity contribution in [1.82, 2.24) is 0 Å². The third-order valence-corrected chi connectivity index (χ3v) is 4.91. The molecule has 1 aromatic carbocycles. The standard InChI is InChI=1S/C18H22O8/c1-7-18(17(22)26-6)15(20)10-9(11(19)16(18)21)14(25-5)13(24-4)8(2)12(10)23-3/h16,21H,7H2,1-6H3/t16?,18-/m0/s1. The Morgan fingerprint density at radius 3 is 1.96 bits per heavy atom. The number of ether oxygens (including phenoxy) is 4. The van der Waals surface area contributed by atoms with Gasteiger partial charge in [-0.1, -0.05) is 6.92 Å². The highest BCUT2D eigenvalue weighted by atomic mass is 16.5. The average molecular weight is 366 g/mol. The summed E-state index contributed by atoms with van der Waals surface area (Å²) in [4.78, 5) is 38.7. The van der Waals surface area contributed by atoms with Crippen molar-refractivity contribution in [2.75, 3.05) is 28.4 Å². The minimum Gasteiger partial charge on any atom is -0.496 e. The van der Waals surface area contributed by atoms with Crippen molar-refractivity contribution >= 4 is 17.5 Å². The number of aliphatic hydroxyl groups excluding tert-OH is 1. The van der Waals surface area contributed by atoms with Crippen LogP contribution in [0.1, 0.15) is 39.6 Å². The first-order valence-electron chi connectivity index (χ1n) is 7.96. The number of ketones is 2. The minimum atomic E-state index is -2.04. The Bertz CT molecular complexity index is 782. The number of aliphatic hydroxyl groups is 1. The van der Waals surface area contributed by atoms with E-state index in [1.54, 1.807) is 6.92 Å². The number of Topliss-reactive ketones (excluding diaryl/α,β-unsaturated/α-hetero) is 2. The molecule has 0 radical (unpaired) electrons. The van der Waals surface area contributed by atoms with Gasteiger partial charge in [-0.25, -0.2) is 0 Å². The van der Waals surface area contributed by atoms with Crippen molar-refractivity contribution in [2.45, 2.75) is 26.4 Å². The summed E-state index contributed by atoms with van der Waals surface area (Å²) >= 11 is 0. The average Bonchev–Trinajstić information content (AvgIpc) is 2.65. The smallest absolute Gasteiger partial charge is 0.322 e. The summed E-state index contributed by atoms with van der Waals surface area (Å²) in [5.41, 5.74) is -1.90. The number of benzene rings is 1. The lowest BCUT2D eigenvalue weighted by Crippen LogP contribution is -2.56. The van der Waals surface area contributed by atoms with Crippen LogP contribution in [-0.4, -0.2) is 57.2 Å². The third-order valence-electron chi connectivity index (χ3n) is 4.91. The maximum Gasteiger partial charge on any atom is 0.322 e. The molecule has 0 saturated carbocycles. The summed E-state index contributed by atoms with van der Waals surface area (Å²) in [6.07, 6.45) is -2.03. The van der Waals surface area contributed by atoms with E-state index in [9.17, 15) is 19.5 Å². The molecule has 0 aliphatic heterocycles. The molecule has 0 aromatic heterocycles. The Kier molecular flexibility index (Phi) is 5.27. The Morgan fingerprint density at radius 1 is 1.00 bits per heavy atom. The Hall–Kier alpha value is -2.61. The Balaban J connectivity index is 3.00. The van der Waals surface area contributed by atoms with Gasteiger partial charge in [0.05, 0.1) is 39.6 Å². The van der Waals surface area contributed by atoms with E-state index in [1.165, 1.54) is 28.3 Å². The molecule has 1 aromatic rings. The number of carbonyl (C=O) groups is 3. The molecule has 2 rings (SSSR count). The Morgan fingerprint density at radius 2 is 1.54 bits per heavy atom. The zero-order chi connectivity index (χ0) is 19.8. The second-order valence-electron chi connectivity index (χ2n) is 5.89. The van der Waals surface area contributed by atoms with Crippen LogP contribution in [0.3, 0.4) is 0 Å². The molecule has 1 aliphatic carbocycles. The van der Waals surface area contributed by atoms with Crippen LogP contribution < -0.4 is 14.2 Å². The van der Waals surface area contributed by atoms with E-state index in [1.807, 2.05) is 0 Å². The van der Waals surface area contributed by atoms with E-state index < -0.39 is 29.1 Å².